The van der Waals surface area contributed by atoms with E-state index in [4.69, 9.17) is 4.52 Å². The Hall–Kier alpha value is -3.43. The van der Waals surface area contributed by atoms with Crippen molar-refractivity contribution in [2.45, 2.75) is 6.92 Å². The van der Waals surface area contributed by atoms with Crippen LogP contribution in [0.15, 0.2) is 34.9 Å². The molecule has 0 spiro atoms. The summed E-state index contributed by atoms with van der Waals surface area (Å²) >= 11 is 0. The number of carbonyl (C=O) groups excluding carboxylic acids is 1. The van der Waals surface area contributed by atoms with E-state index in [1.807, 2.05) is 0 Å². The number of benzene rings is 1. The molecule has 2 aromatic heterocycles. The lowest BCUT2D eigenvalue weighted by atomic mass is 10.2. The van der Waals surface area contributed by atoms with E-state index >= 15 is 0 Å². The van der Waals surface area contributed by atoms with Crippen molar-refractivity contribution >= 4 is 23.2 Å². The van der Waals surface area contributed by atoms with Crippen molar-refractivity contribution < 1.29 is 22.5 Å². The number of aryl methyl sites for hydroxylation is 1. The second-order valence-electron chi connectivity index (χ2n) is 4.93. The fourth-order valence-electron chi connectivity index (χ4n) is 1.89. The molecule has 2 N–H and O–H groups in total. The molecule has 0 fully saturated rings. The van der Waals surface area contributed by atoms with Gasteiger partial charge in [0.2, 0.25) is 0 Å². The first kappa shape index (κ1) is 16.4. The third kappa shape index (κ3) is 3.57. The molecular weight excluding hydrogens is 339 g/mol. The van der Waals surface area contributed by atoms with Gasteiger partial charge in [-0.2, -0.15) is 0 Å². The number of nitrogens with zero attached hydrogens (tertiary/aromatic N) is 3. The van der Waals surface area contributed by atoms with Crippen LogP contribution in [0.1, 0.15) is 16.2 Å². The Bertz CT molecular complexity index is 927. The van der Waals surface area contributed by atoms with Crippen LogP contribution in [0.3, 0.4) is 0 Å². The molecule has 0 aliphatic carbocycles. The van der Waals surface area contributed by atoms with Gasteiger partial charge in [-0.15, -0.1) is 10.2 Å². The standard InChI is InChI=1S/C15H10F3N5O2/c1-7-6-12(23-25-7)20-11-5-4-10(21-22-11)15(24)19-9-3-2-8(16)13(17)14(9)18/h2-6H,1H3,(H,19,24)(H,20,22,23). The summed E-state index contributed by atoms with van der Waals surface area (Å²) in [5.74, 6) is -4.06. The van der Waals surface area contributed by atoms with Gasteiger partial charge in [-0.05, 0) is 31.2 Å². The molecule has 0 saturated carbocycles. The number of hydrogen-bond donors (Lipinski definition) is 2. The Kier molecular flexibility index (Phi) is 4.33. The van der Waals surface area contributed by atoms with E-state index in [1.54, 1.807) is 13.0 Å². The maximum absolute atomic E-state index is 13.6. The summed E-state index contributed by atoms with van der Waals surface area (Å²) in [6, 6.07) is 5.99. The van der Waals surface area contributed by atoms with E-state index in [0.29, 0.717) is 23.5 Å². The predicted molar refractivity (Wildman–Crippen MR) is 80.8 cm³/mol. The average molecular weight is 349 g/mol. The number of hydrogen-bond acceptors (Lipinski definition) is 6. The maximum atomic E-state index is 13.6. The number of aromatic nitrogens is 3. The zero-order chi connectivity index (χ0) is 18.0. The first-order chi connectivity index (χ1) is 11.9. The predicted octanol–water partition coefficient (Wildman–Crippen LogP) is 3.19. The van der Waals surface area contributed by atoms with E-state index in [1.165, 1.54) is 12.1 Å². The van der Waals surface area contributed by atoms with Crippen molar-refractivity contribution in [3.8, 4) is 0 Å². The second kappa shape index (κ2) is 6.59. The Morgan fingerprint density at radius 3 is 2.48 bits per heavy atom. The summed E-state index contributed by atoms with van der Waals surface area (Å²) in [6.07, 6.45) is 0. The van der Waals surface area contributed by atoms with Crippen LogP contribution < -0.4 is 10.6 Å². The first-order valence-electron chi connectivity index (χ1n) is 6.93. The highest BCUT2D eigenvalue weighted by Crippen LogP contribution is 2.20. The Balaban J connectivity index is 1.71. The van der Waals surface area contributed by atoms with Crippen molar-refractivity contribution in [1.29, 1.82) is 0 Å². The van der Waals surface area contributed by atoms with Gasteiger partial charge in [0.25, 0.3) is 5.91 Å². The van der Waals surface area contributed by atoms with E-state index < -0.39 is 29.0 Å². The molecule has 1 amide bonds. The van der Waals surface area contributed by atoms with Crippen LogP contribution in [0.5, 0.6) is 0 Å². The molecule has 3 rings (SSSR count). The normalized spacial score (nSPS) is 10.6. The van der Waals surface area contributed by atoms with Gasteiger partial charge < -0.3 is 15.2 Å². The second-order valence-corrected chi connectivity index (χ2v) is 4.93. The van der Waals surface area contributed by atoms with Crippen LogP contribution in [0, 0.1) is 24.4 Å². The number of amides is 1. The maximum Gasteiger partial charge on any atom is 0.276 e. The monoisotopic (exact) mass is 349 g/mol. The molecule has 0 atom stereocenters. The van der Waals surface area contributed by atoms with Crippen LogP contribution in [0.25, 0.3) is 0 Å². The number of nitrogens with one attached hydrogen (secondary N) is 2. The lowest BCUT2D eigenvalue weighted by Crippen LogP contribution is -2.16. The molecule has 25 heavy (non-hydrogen) atoms. The van der Waals surface area contributed by atoms with Gasteiger partial charge >= 0.3 is 0 Å². The van der Waals surface area contributed by atoms with Crippen LogP contribution in [-0.4, -0.2) is 21.3 Å². The van der Waals surface area contributed by atoms with Crippen molar-refractivity contribution in [3.05, 3.63) is 59.2 Å². The van der Waals surface area contributed by atoms with E-state index in [9.17, 15) is 18.0 Å². The number of halogens is 3. The molecule has 128 valence electrons. The minimum atomic E-state index is -1.67. The van der Waals surface area contributed by atoms with Crippen molar-refractivity contribution in [3.63, 3.8) is 0 Å². The summed E-state index contributed by atoms with van der Waals surface area (Å²) in [5.41, 5.74) is -0.656. The van der Waals surface area contributed by atoms with Crippen LogP contribution >= 0.6 is 0 Å². The zero-order valence-corrected chi connectivity index (χ0v) is 12.7. The molecule has 3 aromatic rings. The quantitative estimate of drug-likeness (QED) is 0.703. The SMILES string of the molecule is Cc1cc(Nc2ccc(C(=O)Nc3ccc(F)c(F)c3F)nn2)no1. The van der Waals surface area contributed by atoms with Gasteiger partial charge in [0.15, 0.2) is 34.8 Å². The molecule has 2 heterocycles. The highest BCUT2D eigenvalue weighted by Gasteiger charge is 2.17. The van der Waals surface area contributed by atoms with Crippen molar-refractivity contribution in [2.75, 3.05) is 10.6 Å². The van der Waals surface area contributed by atoms with E-state index in [0.717, 1.165) is 6.07 Å². The third-order valence-corrected chi connectivity index (χ3v) is 3.06. The lowest BCUT2D eigenvalue weighted by molar-refractivity contribution is 0.102. The molecule has 10 heteroatoms. The van der Waals surface area contributed by atoms with Gasteiger partial charge in [-0.25, -0.2) is 13.2 Å². The van der Waals surface area contributed by atoms with E-state index in [2.05, 4.69) is 26.0 Å². The largest absolute Gasteiger partial charge is 0.360 e. The van der Waals surface area contributed by atoms with Crippen LogP contribution in [0.2, 0.25) is 0 Å². The summed E-state index contributed by atoms with van der Waals surface area (Å²) in [7, 11) is 0. The number of anilines is 3. The first-order valence-corrected chi connectivity index (χ1v) is 6.93. The lowest BCUT2D eigenvalue weighted by Gasteiger charge is -2.07. The average Bonchev–Trinajstić information content (AvgIpc) is 3.01. The van der Waals surface area contributed by atoms with Gasteiger partial charge in [0.1, 0.15) is 5.76 Å². The van der Waals surface area contributed by atoms with Gasteiger partial charge in [-0.1, -0.05) is 5.16 Å². The fraction of sp³-hybridized carbons (Fsp3) is 0.0667. The summed E-state index contributed by atoms with van der Waals surface area (Å²) in [5, 5.41) is 16.0. The third-order valence-electron chi connectivity index (χ3n) is 3.06. The topological polar surface area (TPSA) is 92.9 Å². The molecule has 0 bridgehead atoms. The highest BCUT2D eigenvalue weighted by atomic mass is 19.2. The smallest absolute Gasteiger partial charge is 0.276 e. The molecule has 0 saturated heterocycles. The zero-order valence-electron chi connectivity index (χ0n) is 12.7. The highest BCUT2D eigenvalue weighted by molar-refractivity contribution is 6.02. The van der Waals surface area contributed by atoms with Crippen LogP contribution in [-0.2, 0) is 0 Å². The van der Waals surface area contributed by atoms with Crippen molar-refractivity contribution in [2.24, 2.45) is 0 Å². The van der Waals surface area contributed by atoms with Gasteiger partial charge in [-0.3, -0.25) is 4.79 Å². The van der Waals surface area contributed by atoms with Crippen LogP contribution in [0.4, 0.5) is 30.5 Å². The molecular formula is C15H10F3N5O2. The summed E-state index contributed by atoms with van der Waals surface area (Å²) in [4.78, 5) is 12.0. The molecule has 0 unspecified atom stereocenters. The molecule has 1 aromatic carbocycles. The van der Waals surface area contributed by atoms with Gasteiger partial charge in [0.05, 0.1) is 5.69 Å². The minimum Gasteiger partial charge on any atom is -0.360 e. The fourth-order valence-corrected chi connectivity index (χ4v) is 1.89. The van der Waals surface area contributed by atoms with E-state index in [-0.39, 0.29) is 5.69 Å². The number of carbonyl (C=O) groups is 1. The minimum absolute atomic E-state index is 0.147. The Morgan fingerprint density at radius 1 is 1.04 bits per heavy atom. The molecule has 0 aliphatic rings. The van der Waals surface area contributed by atoms with Gasteiger partial charge in [0, 0.05) is 6.07 Å². The Labute approximate surface area is 138 Å². The van der Waals surface area contributed by atoms with Crippen molar-refractivity contribution in [1.82, 2.24) is 15.4 Å². The number of rotatable bonds is 4. The Morgan fingerprint density at radius 2 is 1.84 bits per heavy atom. The molecule has 7 nitrogen and oxygen atoms in total. The molecule has 0 aliphatic heterocycles. The summed E-state index contributed by atoms with van der Waals surface area (Å²) in [6.45, 7) is 1.72. The summed E-state index contributed by atoms with van der Waals surface area (Å²) < 4.78 is 44.5. The molecule has 0 radical (unpaired) electrons.